The number of rotatable bonds is 3. The Bertz CT molecular complexity index is 515. The monoisotopic (exact) mass is 325 g/mol. The first-order valence-corrected chi connectivity index (χ1v) is 7.08. The fourth-order valence-corrected chi connectivity index (χ4v) is 3.03. The maximum atomic E-state index is 12.2. The van der Waals surface area contributed by atoms with Crippen LogP contribution in [0, 0.1) is 12.8 Å². The van der Waals surface area contributed by atoms with Crippen LogP contribution in [0.5, 0.6) is 0 Å². The van der Waals surface area contributed by atoms with Gasteiger partial charge >= 0.3 is 5.97 Å². The summed E-state index contributed by atoms with van der Waals surface area (Å²) in [5, 5.41) is 12.0. The Morgan fingerprint density at radius 3 is 2.74 bits per heavy atom. The van der Waals surface area contributed by atoms with Crippen LogP contribution in [-0.4, -0.2) is 23.0 Å². The second kappa shape index (κ2) is 5.74. The van der Waals surface area contributed by atoms with Gasteiger partial charge < -0.3 is 10.4 Å². The number of halogens is 1. The van der Waals surface area contributed by atoms with Crippen molar-refractivity contribution in [3.05, 3.63) is 33.8 Å². The summed E-state index contributed by atoms with van der Waals surface area (Å²) in [6.45, 7) is 1.86. The van der Waals surface area contributed by atoms with Crippen molar-refractivity contribution in [2.24, 2.45) is 5.92 Å². The van der Waals surface area contributed by atoms with Gasteiger partial charge in [0.1, 0.15) is 0 Å². The van der Waals surface area contributed by atoms with Crippen LogP contribution in [0.4, 0.5) is 0 Å². The second-order valence-corrected chi connectivity index (χ2v) is 5.83. The molecule has 4 nitrogen and oxygen atoms in total. The van der Waals surface area contributed by atoms with Crippen LogP contribution in [0.25, 0.3) is 0 Å². The van der Waals surface area contributed by atoms with Crippen molar-refractivity contribution >= 4 is 27.8 Å². The van der Waals surface area contributed by atoms with Crippen LogP contribution < -0.4 is 5.32 Å². The Kier molecular flexibility index (Phi) is 4.24. The predicted molar refractivity (Wildman–Crippen MR) is 75.1 cm³/mol. The van der Waals surface area contributed by atoms with Gasteiger partial charge in [0.2, 0.25) is 0 Å². The molecule has 5 heteroatoms. The molecule has 0 radical (unpaired) electrons. The Balaban J connectivity index is 2.10. The topological polar surface area (TPSA) is 66.4 Å². The first-order chi connectivity index (χ1) is 8.99. The molecule has 1 saturated carbocycles. The summed E-state index contributed by atoms with van der Waals surface area (Å²) in [4.78, 5) is 23.3. The van der Waals surface area contributed by atoms with Gasteiger partial charge in [-0.05, 0) is 43.5 Å². The molecule has 0 unspecified atom stereocenters. The van der Waals surface area contributed by atoms with Gasteiger partial charge in [0.25, 0.3) is 5.91 Å². The number of carboxylic acid groups (broad SMARTS) is 1. The van der Waals surface area contributed by atoms with E-state index in [0.717, 1.165) is 22.9 Å². The molecule has 2 rings (SSSR count). The van der Waals surface area contributed by atoms with Crippen molar-refractivity contribution < 1.29 is 14.7 Å². The van der Waals surface area contributed by atoms with Crippen LogP contribution in [0.1, 0.15) is 35.2 Å². The third-order valence-corrected chi connectivity index (χ3v) is 4.08. The van der Waals surface area contributed by atoms with Gasteiger partial charge in [0, 0.05) is 16.1 Å². The lowest BCUT2D eigenvalue weighted by Gasteiger charge is -2.18. The molecule has 0 aromatic heterocycles. The number of amides is 1. The number of hydrogen-bond donors (Lipinski definition) is 2. The van der Waals surface area contributed by atoms with E-state index in [1.54, 1.807) is 6.07 Å². The Morgan fingerprint density at radius 1 is 1.37 bits per heavy atom. The number of carboxylic acids is 1. The third kappa shape index (κ3) is 3.15. The highest BCUT2D eigenvalue weighted by Crippen LogP contribution is 2.26. The SMILES string of the molecule is Cc1cc(Br)ccc1C(=O)N[C@@H]1CCC[C@@H]1C(=O)O. The lowest BCUT2D eigenvalue weighted by Crippen LogP contribution is -2.40. The average Bonchev–Trinajstić information content (AvgIpc) is 2.76. The van der Waals surface area contributed by atoms with Crippen molar-refractivity contribution in [1.82, 2.24) is 5.32 Å². The van der Waals surface area contributed by atoms with Crippen molar-refractivity contribution in [2.45, 2.75) is 32.2 Å². The van der Waals surface area contributed by atoms with Crippen molar-refractivity contribution in [2.75, 3.05) is 0 Å². The van der Waals surface area contributed by atoms with E-state index in [9.17, 15) is 9.59 Å². The van der Waals surface area contributed by atoms with Gasteiger partial charge in [-0.3, -0.25) is 9.59 Å². The fraction of sp³-hybridized carbons (Fsp3) is 0.429. The zero-order valence-electron chi connectivity index (χ0n) is 10.6. The van der Waals surface area contributed by atoms with Gasteiger partial charge in [-0.1, -0.05) is 22.4 Å². The zero-order valence-corrected chi connectivity index (χ0v) is 12.2. The summed E-state index contributed by atoms with van der Waals surface area (Å²) in [7, 11) is 0. The Labute approximate surface area is 120 Å². The first-order valence-electron chi connectivity index (χ1n) is 6.29. The number of aryl methyl sites for hydroxylation is 1. The van der Waals surface area contributed by atoms with Crippen LogP contribution in [0.3, 0.4) is 0 Å². The third-order valence-electron chi connectivity index (χ3n) is 3.58. The number of nitrogens with one attached hydrogen (secondary N) is 1. The van der Waals surface area contributed by atoms with E-state index in [-0.39, 0.29) is 11.9 Å². The lowest BCUT2D eigenvalue weighted by molar-refractivity contribution is -0.142. The highest BCUT2D eigenvalue weighted by atomic mass is 79.9. The molecule has 0 saturated heterocycles. The summed E-state index contributed by atoms with van der Waals surface area (Å²) in [5.41, 5.74) is 1.47. The molecule has 19 heavy (non-hydrogen) atoms. The fourth-order valence-electron chi connectivity index (χ4n) is 2.56. The predicted octanol–water partition coefficient (Wildman–Crippen LogP) is 2.74. The number of hydrogen-bond acceptors (Lipinski definition) is 2. The molecule has 0 bridgehead atoms. The van der Waals surface area contributed by atoms with E-state index in [4.69, 9.17) is 5.11 Å². The van der Waals surface area contributed by atoms with Crippen molar-refractivity contribution in [1.29, 1.82) is 0 Å². The van der Waals surface area contributed by atoms with Crippen molar-refractivity contribution in [3.63, 3.8) is 0 Å². The minimum atomic E-state index is -0.824. The number of aliphatic carboxylic acids is 1. The molecule has 2 atom stereocenters. The molecule has 1 aromatic carbocycles. The minimum absolute atomic E-state index is 0.192. The molecule has 1 aromatic rings. The van der Waals surface area contributed by atoms with E-state index < -0.39 is 11.9 Å². The summed E-state index contributed by atoms with van der Waals surface area (Å²) in [6.07, 6.45) is 2.22. The summed E-state index contributed by atoms with van der Waals surface area (Å²) in [6, 6.07) is 5.18. The van der Waals surface area contributed by atoms with Gasteiger partial charge in [-0.2, -0.15) is 0 Å². The van der Waals surface area contributed by atoms with E-state index in [0.29, 0.717) is 12.0 Å². The molecule has 2 N–H and O–H groups in total. The molecular formula is C14H16BrNO3. The lowest BCUT2D eigenvalue weighted by atomic mass is 10.0. The molecule has 1 aliphatic carbocycles. The quantitative estimate of drug-likeness (QED) is 0.897. The van der Waals surface area contributed by atoms with E-state index in [1.807, 2.05) is 19.1 Å². The second-order valence-electron chi connectivity index (χ2n) is 4.91. The first kappa shape index (κ1) is 14.1. The van der Waals surface area contributed by atoms with Gasteiger partial charge in [-0.25, -0.2) is 0 Å². The maximum Gasteiger partial charge on any atom is 0.308 e. The highest BCUT2D eigenvalue weighted by Gasteiger charge is 2.34. The minimum Gasteiger partial charge on any atom is -0.481 e. The zero-order chi connectivity index (χ0) is 14.0. The van der Waals surface area contributed by atoms with Crippen LogP contribution >= 0.6 is 15.9 Å². The van der Waals surface area contributed by atoms with E-state index >= 15 is 0 Å². The molecule has 0 spiro atoms. The summed E-state index contributed by atoms with van der Waals surface area (Å²) < 4.78 is 0.922. The van der Waals surface area contributed by atoms with E-state index in [2.05, 4.69) is 21.2 Å². The molecule has 1 fully saturated rings. The number of benzene rings is 1. The van der Waals surface area contributed by atoms with Gasteiger partial charge in [-0.15, -0.1) is 0 Å². The maximum absolute atomic E-state index is 12.2. The molecule has 1 amide bonds. The van der Waals surface area contributed by atoms with Crippen LogP contribution in [0.2, 0.25) is 0 Å². The van der Waals surface area contributed by atoms with Gasteiger partial charge in [0.05, 0.1) is 5.92 Å². The van der Waals surface area contributed by atoms with E-state index in [1.165, 1.54) is 0 Å². The molecule has 0 heterocycles. The molecule has 102 valence electrons. The average molecular weight is 326 g/mol. The largest absolute Gasteiger partial charge is 0.481 e. The summed E-state index contributed by atoms with van der Waals surface area (Å²) in [5.74, 6) is -1.47. The molecular weight excluding hydrogens is 310 g/mol. The Hall–Kier alpha value is -1.36. The molecule has 0 aliphatic heterocycles. The Morgan fingerprint density at radius 2 is 2.11 bits per heavy atom. The van der Waals surface area contributed by atoms with Crippen LogP contribution in [0.15, 0.2) is 22.7 Å². The highest BCUT2D eigenvalue weighted by molar-refractivity contribution is 9.10. The number of carbonyl (C=O) groups is 2. The van der Waals surface area contributed by atoms with Crippen LogP contribution in [-0.2, 0) is 4.79 Å². The summed E-state index contributed by atoms with van der Waals surface area (Å²) >= 11 is 3.35. The normalized spacial score (nSPS) is 22.2. The van der Waals surface area contributed by atoms with Gasteiger partial charge in [0.15, 0.2) is 0 Å². The molecule has 1 aliphatic rings. The standard InChI is InChI=1S/C14H16BrNO3/c1-8-7-9(15)5-6-10(8)13(17)16-12-4-2-3-11(12)14(18)19/h5-7,11-12H,2-4H2,1H3,(H,16,17)(H,18,19)/t11-,12+/m0/s1. The number of carbonyl (C=O) groups excluding carboxylic acids is 1. The smallest absolute Gasteiger partial charge is 0.308 e. The van der Waals surface area contributed by atoms with Crippen molar-refractivity contribution in [3.8, 4) is 0 Å².